The molecule has 1 fully saturated rings. The van der Waals surface area contributed by atoms with Crippen molar-refractivity contribution in [2.24, 2.45) is 0 Å². The lowest BCUT2D eigenvalue weighted by atomic mass is 9.99. The van der Waals surface area contributed by atoms with Crippen LogP contribution in [0.25, 0.3) is 0 Å². The van der Waals surface area contributed by atoms with E-state index in [1.807, 2.05) is 32.0 Å². The summed E-state index contributed by atoms with van der Waals surface area (Å²) >= 11 is 0. The molecule has 3 heterocycles. The predicted molar refractivity (Wildman–Crippen MR) is 144 cm³/mol. The Kier molecular flexibility index (Phi) is 7.75. The Morgan fingerprint density at radius 1 is 1.05 bits per heavy atom. The molecule has 1 unspecified atom stereocenters. The van der Waals surface area contributed by atoms with Gasteiger partial charge >= 0.3 is 0 Å². The molecule has 0 saturated carbocycles. The number of rotatable bonds is 7. The Bertz CT molecular complexity index is 1100. The van der Waals surface area contributed by atoms with Gasteiger partial charge in [0.05, 0.1) is 18.2 Å². The summed E-state index contributed by atoms with van der Waals surface area (Å²) in [6, 6.07) is 14.1. The molecule has 2 aromatic carbocycles. The van der Waals surface area contributed by atoms with E-state index < -0.39 is 11.7 Å². The van der Waals surface area contributed by atoms with Crippen molar-refractivity contribution in [3.63, 3.8) is 0 Å². The summed E-state index contributed by atoms with van der Waals surface area (Å²) in [4.78, 5) is 20.0. The van der Waals surface area contributed by atoms with E-state index >= 15 is 0 Å². The molecule has 1 amide bonds. The highest BCUT2D eigenvalue weighted by Gasteiger charge is 2.35. The first-order chi connectivity index (χ1) is 17.8. The summed E-state index contributed by atoms with van der Waals surface area (Å²) in [6.45, 7) is 12.3. The molecule has 0 aromatic heterocycles. The van der Waals surface area contributed by atoms with Gasteiger partial charge in [0.25, 0.3) is 5.91 Å². The number of likely N-dealkylation sites (tertiary alicyclic amines) is 1. The molecule has 7 heteroatoms. The number of β-amino-alcohol motifs (C(OH)–C–C–N with tert-alkyl or cyclic N) is 1. The first kappa shape index (κ1) is 26.0. The molecule has 1 atom stereocenters. The van der Waals surface area contributed by atoms with Gasteiger partial charge < -0.3 is 24.4 Å². The third kappa shape index (κ3) is 6.28. The Balaban J connectivity index is 1.24. The lowest BCUT2D eigenvalue weighted by Crippen LogP contribution is -2.48. The minimum atomic E-state index is -0.636. The van der Waals surface area contributed by atoms with Gasteiger partial charge in [-0.3, -0.25) is 9.69 Å². The van der Waals surface area contributed by atoms with Crippen molar-refractivity contribution in [2.75, 3.05) is 45.8 Å². The van der Waals surface area contributed by atoms with Crippen LogP contribution in [0.1, 0.15) is 55.1 Å². The molecule has 37 heavy (non-hydrogen) atoms. The molecule has 0 aliphatic carbocycles. The zero-order valence-corrected chi connectivity index (χ0v) is 22.5. The number of aliphatic hydroxyl groups excluding tert-OH is 1. The van der Waals surface area contributed by atoms with Crippen molar-refractivity contribution >= 4 is 5.91 Å². The van der Waals surface area contributed by atoms with Gasteiger partial charge in [-0.2, -0.15) is 0 Å². The second kappa shape index (κ2) is 11.0. The molecular formula is C30H41N3O4. The van der Waals surface area contributed by atoms with Crippen LogP contribution in [0.4, 0.5) is 0 Å². The van der Waals surface area contributed by atoms with E-state index in [2.05, 4.69) is 41.0 Å². The topological polar surface area (TPSA) is 65.5 Å². The van der Waals surface area contributed by atoms with Crippen LogP contribution in [0.15, 0.2) is 42.5 Å². The Labute approximate surface area is 221 Å². The maximum Gasteiger partial charge on any atom is 0.257 e. The highest BCUT2D eigenvalue weighted by molar-refractivity contribution is 5.97. The van der Waals surface area contributed by atoms with Gasteiger partial charge in [0.1, 0.15) is 23.2 Å². The van der Waals surface area contributed by atoms with Crippen LogP contribution in [-0.2, 0) is 13.0 Å². The van der Waals surface area contributed by atoms with Crippen LogP contribution in [0, 0.1) is 0 Å². The van der Waals surface area contributed by atoms with Gasteiger partial charge in [0.2, 0.25) is 0 Å². The normalized spacial score (nSPS) is 21.5. The quantitative estimate of drug-likeness (QED) is 0.618. The lowest BCUT2D eigenvalue weighted by Gasteiger charge is -2.33. The molecule has 0 spiro atoms. The zero-order valence-electron chi connectivity index (χ0n) is 22.5. The first-order valence-corrected chi connectivity index (χ1v) is 13.8. The summed E-state index contributed by atoms with van der Waals surface area (Å²) in [5, 5.41) is 11.0. The van der Waals surface area contributed by atoms with Crippen molar-refractivity contribution in [2.45, 2.75) is 64.4 Å². The average molecular weight is 508 g/mol. The van der Waals surface area contributed by atoms with Gasteiger partial charge in [-0.25, -0.2) is 0 Å². The van der Waals surface area contributed by atoms with Crippen molar-refractivity contribution in [1.82, 2.24) is 14.7 Å². The molecule has 7 nitrogen and oxygen atoms in total. The second-order valence-electron chi connectivity index (χ2n) is 11.4. The third-order valence-corrected chi connectivity index (χ3v) is 7.82. The highest BCUT2D eigenvalue weighted by atomic mass is 16.5. The first-order valence-electron chi connectivity index (χ1n) is 13.8. The predicted octanol–water partition coefficient (Wildman–Crippen LogP) is 3.58. The van der Waals surface area contributed by atoms with Gasteiger partial charge in [-0.1, -0.05) is 31.2 Å². The Hall–Kier alpha value is -2.61. The van der Waals surface area contributed by atoms with Gasteiger partial charge in [-0.15, -0.1) is 0 Å². The van der Waals surface area contributed by atoms with E-state index in [0.29, 0.717) is 24.4 Å². The van der Waals surface area contributed by atoms with E-state index in [1.165, 1.54) is 11.1 Å². The van der Waals surface area contributed by atoms with Crippen LogP contribution < -0.4 is 9.47 Å². The van der Waals surface area contributed by atoms with Crippen LogP contribution in [0.3, 0.4) is 0 Å². The molecule has 0 radical (unpaired) electrons. The number of carbonyl (C=O) groups excluding carboxylic acids is 1. The maximum atomic E-state index is 13.6. The summed E-state index contributed by atoms with van der Waals surface area (Å²) in [5.41, 5.74) is 2.65. The third-order valence-electron chi connectivity index (χ3n) is 7.82. The number of aliphatic hydroxyl groups is 1. The number of piperidine rings is 1. The fourth-order valence-electron chi connectivity index (χ4n) is 5.87. The van der Waals surface area contributed by atoms with Crippen LogP contribution in [0.2, 0.25) is 0 Å². The number of fused-ring (bicyclic) bond motifs is 2. The van der Waals surface area contributed by atoms with Gasteiger partial charge in [0.15, 0.2) is 0 Å². The van der Waals surface area contributed by atoms with Crippen molar-refractivity contribution in [1.29, 1.82) is 0 Å². The van der Waals surface area contributed by atoms with Gasteiger partial charge in [-0.05, 0) is 62.9 Å². The molecular weight excluding hydrogens is 466 g/mol. The molecule has 3 aliphatic heterocycles. The maximum absolute atomic E-state index is 13.6. The van der Waals surface area contributed by atoms with Crippen molar-refractivity contribution in [3.05, 3.63) is 59.2 Å². The number of hydrogen-bond acceptors (Lipinski definition) is 6. The second-order valence-corrected chi connectivity index (χ2v) is 11.4. The minimum absolute atomic E-state index is 0.105. The van der Waals surface area contributed by atoms with Crippen LogP contribution >= 0.6 is 0 Å². The zero-order chi connectivity index (χ0) is 26.0. The van der Waals surface area contributed by atoms with E-state index in [-0.39, 0.29) is 18.6 Å². The molecule has 1 N–H and O–H groups in total. The fourth-order valence-corrected chi connectivity index (χ4v) is 5.87. The molecule has 3 aliphatic rings. The molecule has 0 bridgehead atoms. The number of benzene rings is 2. The van der Waals surface area contributed by atoms with Crippen molar-refractivity contribution in [3.8, 4) is 11.5 Å². The average Bonchev–Trinajstić information content (AvgIpc) is 2.97. The molecule has 2 aromatic rings. The van der Waals surface area contributed by atoms with E-state index in [4.69, 9.17) is 9.47 Å². The summed E-state index contributed by atoms with van der Waals surface area (Å²) in [7, 11) is 0. The van der Waals surface area contributed by atoms with Crippen LogP contribution in [-0.4, -0.2) is 89.3 Å². The number of ether oxygens (including phenoxy) is 2. The van der Waals surface area contributed by atoms with Gasteiger partial charge in [0, 0.05) is 45.3 Å². The van der Waals surface area contributed by atoms with E-state index in [9.17, 15) is 9.90 Å². The number of amides is 1. The Morgan fingerprint density at radius 2 is 1.81 bits per heavy atom. The number of nitrogens with zero attached hydrogens (tertiary/aromatic N) is 3. The summed E-state index contributed by atoms with van der Waals surface area (Å²) < 4.78 is 12.6. The Morgan fingerprint density at radius 3 is 2.57 bits per heavy atom. The lowest BCUT2D eigenvalue weighted by molar-refractivity contribution is 0.0286. The molecule has 200 valence electrons. The fraction of sp³-hybridized carbons (Fsp3) is 0.567. The summed E-state index contributed by atoms with van der Waals surface area (Å²) in [6.07, 6.45) is 2.54. The van der Waals surface area contributed by atoms with E-state index in [1.54, 1.807) is 4.90 Å². The smallest absolute Gasteiger partial charge is 0.257 e. The number of hydrogen-bond donors (Lipinski definition) is 1. The monoisotopic (exact) mass is 507 g/mol. The molecule has 5 rings (SSSR count). The highest BCUT2D eigenvalue weighted by Crippen LogP contribution is 2.34. The molecule has 1 saturated heterocycles. The van der Waals surface area contributed by atoms with Crippen molar-refractivity contribution < 1.29 is 19.4 Å². The summed E-state index contributed by atoms with van der Waals surface area (Å²) in [5.74, 6) is 1.20. The largest absolute Gasteiger partial charge is 0.490 e. The van der Waals surface area contributed by atoms with E-state index in [0.717, 1.165) is 57.7 Å². The minimum Gasteiger partial charge on any atom is -0.490 e. The SMILES string of the molecule is CCN1CCC(Oc2ccc3c(c2)OC(C)(C)CN(CC(O)CN2CCc4ccccc4C2)C3=O)CC1. The van der Waals surface area contributed by atoms with Crippen LogP contribution in [0.5, 0.6) is 11.5 Å². The standard InChI is InChI=1S/C30H41N3O4/c1-4-31-15-12-25(13-16-31)36-26-9-10-27-28(17-26)37-30(2,3)21-33(29(27)35)20-24(34)19-32-14-11-22-7-5-6-8-23(22)18-32/h5-10,17,24-25,34H,4,11-16,18-21H2,1-3H3. The number of carbonyl (C=O) groups is 1.